The number of hydrogen-bond donors (Lipinski definition) is 0. The minimum absolute atomic E-state index is 0.398. The standard InChI is InChI=1S/C8H7N3/c9-5-7-3-4-8(11-10-7)6-1-2-6/h3-4,6H,1-2H2. The van der Waals surface area contributed by atoms with Gasteiger partial charge in [0.2, 0.25) is 0 Å². The highest BCUT2D eigenvalue weighted by Crippen LogP contribution is 2.38. The van der Waals surface area contributed by atoms with Crippen molar-refractivity contribution >= 4 is 0 Å². The molecule has 54 valence electrons. The largest absolute Gasteiger partial charge is 0.191 e. The van der Waals surface area contributed by atoms with Gasteiger partial charge in [-0.15, -0.1) is 5.10 Å². The summed E-state index contributed by atoms with van der Waals surface area (Å²) in [6, 6.07) is 5.55. The number of aromatic nitrogens is 2. The van der Waals surface area contributed by atoms with Crippen molar-refractivity contribution < 1.29 is 0 Å². The molecule has 0 aliphatic heterocycles. The second-order valence-electron chi connectivity index (χ2n) is 2.73. The van der Waals surface area contributed by atoms with Crippen molar-refractivity contribution in [3.05, 3.63) is 23.5 Å². The van der Waals surface area contributed by atoms with Crippen LogP contribution in [0.2, 0.25) is 0 Å². The van der Waals surface area contributed by atoms with Crippen LogP contribution >= 0.6 is 0 Å². The molecule has 0 saturated heterocycles. The Kier molecular flexibility index (Phi) is 1.32. The maximum atomic E-state index is 8.43. The molecule has 3 nitrogen and oxygen atoms in total. The van der Waals surface area contributed by atoms with Gasteiger partial charge in [-0.1, -0.05) is 0 Å². The zero-order valence-electron chi connectivity index (χ0n) is 5.99. The minimum Gasteiger partial charge on any atom is -0.191 e. The molecule has 1 aromatic heterocycles. The number of hydrogen-bond acceptors (Lipinski definition) is 3. The second kappa shape index (κ2) is 2.31. The maximum Gasteiger partial charge on any atom is 0.163 e. The van der Waals surface area contributed by atoms with E-state index < -0.39 is 0 Å². The summed E-state index contributed by atoms with van der Waals surface area (Å²) in [5.74, 6) is 0.621. The average Bonchev–Trinajstić information content (AvgIpc) is 2.87. The molecule has 0 radical (unpaired) electrons. The van der Waals surface area contributed by atoms with E-state index in [0.717, 1.165) is 5.69 Å². The van der Waals surface area contributed by atoms with E-state index in [1.54, 1.807) is 6.07 Å². The first kappa shape index (κ1) is 6.29. The summed E-state index contributed by atoms with van der Waals surface area (Å²) in [6.07, 6.45) is 2.45. The highest BCUT2D eigenvalue weighted by molar-refractivity contribution is 5.22. The van der Waals surface area contributed by atoms with Crippen LogP contribution in [0.1, 0.15) is 30.1 Å². The molecule has 0 spiro atoms. The molecule has 0 aromatic carbocycles. The van der Waals surface area contributed by atoms with Crippen LogP contribution in [0.4, 0.5) is 0 Å². The van der Waals surface area contributed by atoms with Gasteiger partial charge in [0.15, 0.2) is 5.69 Å². The summed E-state index contributed by atoms with van der Waals surface area (Å²) in [4.78, 5) is 0. The zero-order chi connectivity index (χ0) is 7.68. The van der Waals surface area contributed by atoms with Crippen LogP contribution in [0.3, 0.4) is 0 Å². The van der Waals surface area contributed by atoms with Crippen LogP contribution in [0.15, 0.2) is 12.1 Å². The van der Waals surface area contributed by atoms with Crippen LogP contribution in [0.25, 0.3) is 0 Å². The molecule has 0 atom stereocenters. The Morgan fingerprint density at radius 3 is 2.64 bits per heavy atom. The monoisotopic (exact) mass is 145 g/mol. The lowest BCUT2D eigenvalue weighted by Crippen LogP contribution is -1.91. The van der Waals surface area contributed by atoms with E-state index in [9.17, 15) is 0 Å². The van der Waals surface area contributed by atoms with Gasteiger partial charge in [0, 0.05) is 5.92 Å². The first-order valence-electron chi connectivity index (χ1n) is 3.64. The van der Waals surface area contributed by atoms with Crippen LogP contribution in [0.5, 0.6) is 0 Å². The second-order valence-corrected chi connectivity index (χ2v) is 2.73. The van der Waals surface area contributed by atoms with E-state index in [-0.39, 0.29) is 0 Å². The van der Waals surface area contributed by atoms with E-state index in [2.05, 4.69) is 10.2 Å². The normalized spacial score (nSPS) is 15.9. The summed E-state index contributed by atoms with van der Waals surface area (Å²) in [5.41, 5.74) is 1.43. The molecule has 1 fully saturated rings. The number of nitriles is 1. The molecule has 0 N–H and O–H groups in total. The molecule has 0 bridgehead atoms. The number of rotatable bonds is 1. The van der Waals surface area contributed by atoms with Gasteiger partial charge in [-0.25, -0.2) is 0 Å². The van der Waals surface area contributed by atoms with Crippen molar-refractivity contribution in [1.82, 2.24) is 10.2 Å². The molecular weight excluding hydrogens is 138 g/mol. The fraction of sp³-hybridized carbons (Fsp3) is 0.375. The highest BCUT2D eigenvalue weighted by Gasteiger charge is 2.24. The van der Waals surface area contributed by atoms with Gasteiger partial charge >= 0.3 is 0 Å². The minimum atomic E-state index is 0.398. The summed E-state index contributed by atoms with van der Waals surface area (Å²) < 4.78 is 0. The smallest absolute Gasteiger partial charge is 0.163 e. The predicted octanol–water partition coefficient (Wildman–Crippen LogP) is 1.23. The van der Waals surface area contributed by atoms with Crippen LogP contribution in [-0.4, -0.2) is 10.2 Å². The Hall–Kier alpha value is -1.43. The Balaban J connectivity index is 2.27. The molecule has 1 saturated carbocycles. The Bertz CT molecular complexity index is 292. The molecule has 1 aliphatic rings. The SMILES string of the molecule is N#Cc1ccc(C2CC2)nn1. The summed E-state index contributed by atoms with van der Waals surface area (Å²) >= 11 is 0. The molecule has 2 rings (SSSR count). The van der Waals surface area contributed by atoms with Gasteiger partial charge < -0.3 is 0 Å². The van der Waals surface area contributed by atoms with Gasteiger partial charge in [0.05, 0.1) is 5.69 Å². The Morgan fingerprint density at radius 2 is 2.18 bits per heavy atom. The fourth-order valence-electron chi connectivity index (χ4n) is 0.999. The Labute approximate surface area is 64.7 Å². The van der Waals surface area contributed by atoms with E-state index in [4.69, 9.17) is 5.26 Å². The van der Waals surface area contributed by atoms with Crippen LogP contribution < -0.4 is 0 Å². The molecular formula is C8H7N3. The van der Waals surface area contributed by atoms with Crippen molar-refractivity contribution in [1.29, 1.82) is 5.26 Å². The first-order chi connectivity index (χ1) is 5.40. The fourth-order valence-corrected chi connectivity index (χ4v) is 0.999. The lowest BCUT2D eigenvalue weighted by molar-refractivity contribution is 0.900. The van der Waals surface area contributed by atoms with Gasteiger partial charge in [0.25, 0.3) is 0 Å². The first-order valence-corrected chi connectivity index (χ1v) is 3.64. The maximum absolute atomic E-state index is 8.43. The predicted molar refractivity (Wildman–Crippen MR) is 38.7 cm³/mol. The molecule has 3 heteroatoms. The number of nitrogens with zero attached hydrogens (tertiary/aromatic N) is 3. The molecule has 1 heterocycles. The van der Waals surface area contributed by atoms with Crippen molar-refractivity contribution in [3.8, 4) is 6.07 Å². The van der Waals surface area contributed by atoms with Gasteiger partial charge in [0.1, 0.15) is 6.07 Å². The summed E-state index contributed by atoms with van der Waals surface area (Å²) in [6.45, 7) is 0. The van der Waals surface area contributed by atoms with E-state index >= 15 is 0 Å². The summed E-state index contributed by atoms with van der Waals surface area (Å²) in [5, 5.41) is 16.1. The Morgan fingerprint density at radius 1 is 1.36 bits per heavy atom. The van der Waals surface area contributed by atoms with Crippen LogP contribution in [-0.2, 0) is 0 Å². The molecule has 11 heavy (non-hydrogen) atoms. The van der Waals surface area contributed by atoms with E-state index in [1.165, 1.54) is 12.8 Å². The molecule has 0 amide bonds. The van der Waals surface area contributed by atoms with Gasteiger partial charge in [-0.2, -0.15) is 10.4 Å². The highest BCUT2D eigenvalue weighted by atomic mass is 15.1. The van der Waals surface area contributed by atoms with E-state index in [0.29, 0.717) is 11.6 Å². The molecule has 1 aromatic rings. The third-order valence-electron chi connectivity index (χ3n) is 1.80. The molecule has 0 unspecified atom stereocenters. The molecule has 1 aliphatic carbocycles. The van der Waals surface area contributed by atoms with Gasteiger partial charge in [-0.3, -0.25) is 0 Å². The van der Waals surface area contributed by atoms with Crippen molar-refractivity contribution in [3.63, 3.8) is 0 Å². The topological polar surface area (TPSA) is 49.6 Å². The van der Waals surface area contributed by atoms with Crippen molar-refractivity contribution in [2.75, 3.05) is 0 Å². The van der Waals surface area contributed by atoms with Crippen molar-refractivity contribution in [2.45, 2.75) is 18.8 Å². The average molecular weight is 145 g/mol. The van der Waals surface area contributed by atoms with Crippen molar-refractivity contribution in [2.24, 2.45) is 0 Å². The van der Waals surface area contributed by atoms with E-state index in [1.807, 2.05) is 12.1 Å². The lowest BCUT2D eigenvalue weighted by atomic mass is 10.2. The third kappa shape index (κ3) is 1.20. The quantitative estimate of drug-likeness (QED) is 0.597. The third-order valence-corrected chi connectivity index (χ3v) is 1.80. The summed E-state index contributed by atoms with van der Waals surface area (Å²) in [7, 11) is 0. The van der Waals surface area contributed by atoms with Gasteiger partial charge in [-0.05, 0) is 25.0 Å². The van der Waals surface area contributed by atoms with Crippen LogP contribution in [0, 0.1) is 11.3 Å². The lowest BCUT2D eigenvalue weighted by Gasteiger charge is -1.92. The zero-order valence-corrected chi connectivity index (χ0v) is 5.99.